The van der Waals surface area contributed by atoms with Crippen molar-refractivity contribution in [3.8, 4) is 22.9 Å². The third-order valence-electron chi connectivity index (χ3n) is 6.27. The van der Waals surface area contributed by atoms with Crippen LogP contribution in [-0.4, -0.2) is 22.5 Å². The van der Waals surface area contributed by atoms with Gasteiger partial charge < -0.3 is 9.47 Å². The highest BCUT2D eigenvalue weighted by Crippen LogP contribution is 2.43. The second kappa shape index (κ2) is 12.8. The Hall–Kier alpha value is -3.86. The van der Waals surface area contributed by atoms with E-state index in [0.717, 1.165) is 22.4 Å². The van der Waals surface area contributed by atoms with Gasteiger partial charge in [-0.15, -0.1) is 0 Å². The van der Waals surface area contributed by atoms with Crippen LogP contribution >= 0.6 is 39.1 Å². The van der Waals surface area contributed by atoms with Crippen LogP contribution in [0, 0.1) is 0 Å². The number of benzene rings is 4. The van der Waals surface area contributed by atoms with E-state index in [0.29, 0.717) is 32.9 Å². The molecule has 5 aromatic rings. The molecule has 12 heteroatoms. The minimum Gasteiger partial charge on any atom is -0.490 e. The first-order valence-corrected chi connectivity index (χ1v) is 14.4. The van der Waals surface area contributed by atoms with Gasteiger partial charge in [0.2, 0.25) is 0 Å². The summed E-state index contributed by atoms with van der Waals surface area (Å²) in [6, 6.07) is 19.9. The fourth-order valence-corrected chi connectivity index (χ4v) is 4.98. The number of fused-ring (bicyclic) bond motifs is 1. The molecule has 0 fully saturated rings. The Kier molecular flexibility index (Phi) is 9.10. The topological polar surface area (TPSA) is 65.7 Å². The Bertz CT molecular complexity index is 1890. The van der Waals surface area contributed by atoms with E-state index in [4.69, 9.17) is 32.7 Å². The molecule has 4 aromatic carbocycles. The molecule has 5 rings (SSSR count). The maximum absolute atomic E-state index is 13.5. The normalized spacial score (nSPS) is 11.8. The van der Waals surface area contributed by atoms with Crippen molar-refractivity contribution in [2.45, 2.75) is 19.7 Å². The van der Waals surface area contributed by atoms with Gasteiger partial charge >= 0.3 is 6.18 Å². The predicted molar refractivity (Wildman–Crippen MR) is 166 cm³/mol. The highest BCUT2D eigenvalue weighted by Gasteiger charge is 2.31. The van der Waals surface area contributed by atoms with Crippen LogP contribution in [0.25, 0.3) is 22.3 Å². The van der Waals surface area contributed by atoms with Crippen LogP contribution in [0.15, 0.2) is 93.2 Å². The van der Waals surface area contributed by atoms with Gasteiger partial charge in [0.05, 0.1) is 29.3 Å². The summed E-state index contributed by atoms with van der Waals surface area (Å²) in [5.74, 6) is 0.547. The van der Waals surface area contributed by atoms with Gasteiger partial charge in [0.1, 0.15) is 11.6 Å². The molecule has 0 N–H and O–H groups in total. The van der Waals surface area contributed by atoms with Gasteiger partial charge in [0.25, 0.3) is 5.56 Å². The minimum absolute atomic E-state index is 0.0629. The van der Waals surface area contributed by atoms with Crippen molar-refractivity contribution in [2.24, 2.45) is 5.10 Å². The highest BCUT2D eigenvalue weighted by molar-refractivity contribution is 9.10. The Balaban J connectivity index is 1.59. The van der Waals surface area contributed by atoms with Gasteiger partial charge in [0, 0.05) is 20.6 Å². The molecule has 0 atom stereocenters. The molecule has 0 aliphatic rings. The van der Waals surface area contributed by atoms with E-state index in [9.17, 15) is 18.0 Å². The van der Waals surface area contributed by atoms with Gasteiger partial charge in [-0.3, -0.25) is 4.79 Å². The number of para-hydroxylation sites is 1. The maximum Gasteiger partial charge on any atom is 0.416 e. The van der Waals surface area contributed by atoms with Crippen LogP contribution in [-0.2, 0) is 12.8 Å². The summed E-state index contributed by atoms with van der Waals surface area (Å²) >= 11 is 16.1. The number of ether oxygens (including phenoxy) is 2. The van der Waals surface area contributed by atoms with E-state index in [1.165, 1.54) is 18.3 Å². The van der Waals surface area contributed by atoms with Crippen molar-refractivity contribution in [3.05, 3.63) is 120 Å². The molecular formula is C31H21BrCl2F3N3O3. The largest absolute Gasteiger partial charge is 0.490 e. The van der Waals surface area contributed by atoms with E-state index >= 15 is 0 Å². The van der Waals surface area contributed by atoms with Crippen LogP contribution in [0.3, 0.4) is 0 Å². The molecule has 0 aliphatic heterocycles. The van der Waals surface area contributed by atoms with Gasteiger partial charge in [-0.2, -0.15) is 22.9 Å². The van der Waals surface area contributed by atoms with Crippen molar-refractivity contribution in [1.82, 2.24) is 9.66 Å². The van der Waals surface area contributed by atoms with Gasteiger partial charge in [0.15, 0.2) is 17.3 Å². The summed E-state index contributed by atoms with van der Waals surface area (Å²) in [5.41, 5.74) is 0.207. The van der Waals surface area contributed by atoms with E-state index in [1.54, 1.807) is 49.4 Å². The van der Waals surface area contributed by atoms with E-state index < -0.39 is 17.3 Å². The van der Waals surface area contributed by atoms with E-state index in [-0.39, 0.29) is 34.2 Å². The second-order valence-electron chi connectivity index (χ2n) is 9.16. The maximum atomic E-state index is 13.5. The van der Waals surface area contributed by atoms with Crippen LogP contribution < -0.4 is 15.0 Å². The molecular weight excluding hydrogens is 670 g/mol. The number of alkyl halides is 3. The lowest BCUT2D eigenvalue weighted by molar-refractivity contribution is -0.137. The Morgan fingerprint density at radius 3 is 2.47 bits per heavy atom. The summed E-state index contributed by atoms with van der Waals surface area (Å²) in [6.07, 6.45) is -3.24. The Morgan fingerprint density at radius 2 is 1.74 bits per heavy atom. The fraction of sp³-hybridized carbons (Fsp3) is 0.129. The lowest BCUT2D eigenvalue weighted by Crippen LogP contribution is -2.20. The number of hydrogen-bond acceptors (Lipinski definition) is 5. The first-order valence-electron chi connectivity index (χ1n) is 12.8. The Labute approximate surface area is 262 Å². The number of nitrogens with zero attached hydrogens (tertiary/aromatic N) is 3. The zero-order valence-corrected chi connectivity index (χ0v) is 25.4. The second-order valence-corrected chi connectivity index (χ2v) is 10.8. The van der Waals surface area contributed by atoms with Gasteiger partial charge in [-0.05, 0) is 70.9 Å². The van der Waals surface area contributed by atoms with Crippen molar-refractivity contribution in [2.75, 3.05) is 6.61 Å². The minimum atomic E-state index is -4.59. The summed E-state index contributed by atoms with van der Waals surface area (Å²) in [6.45, 7) is 2.29. The molecule has 0 bridgehead atoms. The average molecular weight is 691 g/mol. The van der Waals surface area contributed by atoms with Crippen LogP contribution in [0.5, 0.6) is 11.5 Å². The standard InChI is InChI=1S/C31H21BrCl2F3N3O3/c1-2-42-25-15-20(26(32)27(34)28(25)43-17-18-10-12-22(33)13-11-18)16-38-40-29(19-6-5-7-21(14-19)31(35,36)37)39-24-9-4-3-8-23(24)30(40)41/h3-16H,2,17H2,1H3. The molecule has 220 valence electrons. The van der Waals surface area contributed by atoms with Crippen LogP contribution in [0.1, 0.15) is 23.6 Å². The number of rotatable bonds is 8. The summed E-state index contributed by atoms with van der Waals surface area (Å²) in [7, 11) is 0. The molecule has 43 heavy (non-hydrogen) atoms. The van der Waals surface area contributed by atoms with Crippen molar-refractivity contribution < 1.29 is 22.6 Å². The highest BCUT2D eigenvalue weighted by atomic mass is 79.9. The number of hydrogen-bond donors (Lipinski definition) is 0. The quantitative estimate of drug-likeness (QED) is 0.153. The zero-order valence-electron chi connectivity index (χ0n) is 22.3. The van der Waals surface area contributed by atoms with Crippen molar-refractivity contribution in [1.29, 1.82) is 0 Å². The molecule has 0 saturated heterocycles. The summed E-state index contributed by atoms with van der Waals surface area (Å²) < 4.78 is 53.7. The molecule has 0 amide bonds. The molecule has 0 radical (unpaired) electrons. The lowest BCUT2D eigenvalue weighted by Gasteiger charge is -2.16. The Morgan fingerprint density at radius 1 is 1.00 bits per heavy atom. The molecule has 1 aromatic heterocycles. The summed E-state index contributed by atoms with van der Waals surface area (Å²) in [5, 5.41) is 5.41. The first kappa shape index (κ1) is 30.6. The van der Waals surface area contributed by atoms with E-state index in [1.807, 2.05) is 12.1 Å². The third kappa shape index (κ3) is 6.71. The van der Waals surface area contributed by atoms with Crippen molar-refractivity contribution >= 4 is 56.2 Å². The average Bonchev–Trinajstić information content (AvgIpc) is 2.99. The number of halogens is 6. The fourth-order valence-electron chi connectivity index (χ4n) is 4.20. The molecule has 0 spiro atoms. The third-order valence-corrected chi connectivity index (χ3v) is 7.96. The van der Waals surface area contributed by atoms with E-state index in [2.05, 4.69) is 26.0 Å². The molecule has 1 heterocycles. The number of aromatic nitrogens is 2. The van der Waals surface area contributed by atoms with Crippen LogP contribution in [0.2, 0.25) is 10.0 Å². The first-order chi connectivity index (χ1) is 20.6. The van der Waals surface area contributed by atoms with Crippen molar-refractivity contribution in [3.63, 3.8) is 0 Å². The zero-order chi connectivity index (χ0) is 30.7. The lowest BCUT2D eigenvalue weighted by atomic mass is 10.1. The summed E-state index contributed by atoms with van der Waals surface area (Å²) in [4.78, 5) is 18.0. The monoisotopic (exact) mass is 689 g/mol. The molecule has 0 saturated carbocycles. The molecule has 0 unspecified atom stereocenters. The van der Waals surface area contributed by atoms with Gasteiger partial charge in [-0.1, -0.05) is 59.6 Å². The predicted octanol–water partition coefficient (Wildman–Crippen LogP) is 9.01. The molecule has 6 nitrogen and oxygen atoms in total. The van der Waals surface area contributed by atoms with Crippen LogP contribution in [0.4, 0.5) is 13.2 Å². The SMILES string of the molecule is CCOc1cc(C=Nn2c(-c3cccc(C(F)(F)F)c3)nc3ccccc3c2=O)c(Br)c(Cl)c1OCc1ccc(Cl)cc1. The smallest absolute Gasteiger partial charge is 0.416 e. The van der Waals surface area contributed by atoms with Gasteiger partial charge in [-0.25, -0.2) is 4.98 Å². The molecule has 0 aliphatic carbocycles.